The first kappa shape index (κ1) is 9.79. The fraction of sp³-hybridized carbons (Fsp3) is 0.231. The predicted molar refractivity (Wildman–Crippen MR) is 59.8 cm³/mol. The number of rotatable bonds is 2. The average molecular weight is 172 g/mol. The van der Waals surface area contributed by atoms with Gasteiger partial charge in [0.25, 0.3) is 0 Å². The predicted octanol–water partition coefficient (Wildman–Crippen LogP) is 3.89. The molecule has 0 heterocycles. The van der Waals surface area contributed by atoms with Crippen molar-refractivity contribution in [2.45, 2.75) is 20.8 Å². The van der Waals surface area contributed by atoms with Crippen LogP contribution in [0.15, 0.2) is 36.4 Å². The molecule has 0 bridgehead atoms. The molecule has 0 spiro atoms. The second-order valence-corrected chi connectivity index (χ2v) is 3.52. The van der Waals surface area contributed by atoms with Gasteiger partial charge in [-0.2, -0.15) is 0 Å². The lowest BCUT2D eigenvalue weighted by Crippen LogP contribution is -1.81. The standard InChI is InChI=1S/C13H16/c1-10(2)5-7-13-8-6-11(3)12(4)9-13/h5-9H,1H2,2-4H3/b7-5+. The average Bonchev–Trinajstić information content (AvgIpc) is 2.07. The lowest BCUT2D eigenvalue weighted by Gasteiger charge is -2.00. The first-order valence-electron chi connectivity index (χ1n) is 4.50. The molecule has 1 aromatic carbocycles. The summed E-state index contributed by atoms with van der Waals surface area (Å²) in [6.07, 6.45) is 4.12. The van der Waals surface area contributed by atoms with E-state index in [0.29, 0.717) is 0 Å². The van der Waals surface area contributed by atoms with Crippen LogP contribution in [0.4, 0.5) is 0 Å². The van der Waals surface area contributed by atoms with Gasteiger partial charge in [0.2, 0.25) is 0 Å². The summed E-state index contributed by atoms with van der Waals surface area (Å²) in [7, 11) is 0. The van der Waals surface area contributed by atoms with E-state index in [1.54, 1.807) is 0 Å². The summed E-state index contributed by atoms with van der Waals surface area (Å²) in [5.41, 5.74) is 5.00. The van der Waals surface area contributed by atoms with Crippen molar-refractivity contribution in [3.8, 4) is 0 Å². The summed E-state index contributed by atoms with van der Waals surface area (Å²) < 4.78 is 0. The van der Waals surface area contributed by atoms with E-state index in [4.69, 9.17) is 0 Å². The molecule has 1 rings (SSSR count). The molecule has 0 fully saturated rings. The smallest absolute Gasteiger partial charge is 0.0254 e. The van der Waals surface area contributed by atoms with Crippen LogP contribution in [0.25, 0.3) is 6.08 Å². The van der Waals surface area contributed by atoms with Gasteiger partial charge in [0.05, 0.1) is 0 Å². The quantitative estimate of drug-likeness (QED) is 0.594. The Morgan fingerprint density at radius 3 is 2.46 bits per heavy atom. The van der Waals surface area contributed by atoms with Gasteiger partial charge < -0.3 is 0 Å². The third kappa shape index (κ3) is 2.90. The Balaban J connectivity index is 2.92. The molecule has 0 amide bonds. The molecule has 0 N–H and O–H groups in total. The van der Waals surface area contributed by atoms with Gasteiger partial charge in [-0.05, 0) is 37.5 Å². The minimum absolute atomic E-state index is 1.08. The minimum atomic E-state index is 1.08. The summed E-state index contributed by atoms with van der Waals surface area (Å²) >= 11 is 0. The van der Waals surface area contributed by atoms with Crippen molar-refractivity contribution in [1.29, 1.82) is 0 Å². The highest BCUT2D eigenvalue weighted by Crippen LogP contribution is 2.11. The molecular formula is C13H16. The zero-order valence-corrected chi connectivity index (χ0v) is 8.59. The number of allylic oxidation sites excluding steroid dienone is 2. The fourth-order valence-corrected chi connectivity index (χ4v) is 1.11. The zero-order valence-electron chi connectivity index (χ0n) is 8.59. The van der Waals surface area contributed by atoms with E-state index in [0.717, 1.165) is 5.57 Å². The Kier molecular flexibility index (Phi) is 3.07. The van der Waals surface area contributed by atoms with Crippen LogP contribution >= 0.6 is 0 Å². The highest BCUT2D eigenvalue weighted by molar-refractivity contribution is 5.54. The van der Waals surface area contributed by atoms with Crippen molar-refractivity contribution < 1.29 is 0 Å². The molecule has 0 aliphatic carbocycles. The zero-order chi connectivity index (χ0) is 9.84. The monoisotopic (exact) mass is 172 g/mol. The highest BCUT2D eigenvalue weighted by atomic mass is 14.0. The van der Waals surface area contributed by atoms with Crippen LogP contribution in [0.5, 0.6) is 0 Å². The number of hydrogen-bond acceptors (Lipinski definition) is 0. The van der Waals surface area contributed by atoms with E-state index in [9.17, 15) is 0 Å². The number of hydrogen-bond donors (Lipinski definition) is 0. The van der Waals surface area contributed by atoms with Crippen molar-refractivity contribution in [2.75, 3.05) is 0 Å². The Morgan fingerprint density at radius 1 is 1.23 bits per heavy atom. The second-order valence-electron chi connectivity index (χ2n) is 3.52. The van der Waals surface area contributed by atoms with Gasteiger partial charge in [-0.15, -0.1) is 0 Å². The molecule has 0 saturated carbocycles. The minimum Gasteiger partial charge on any atom is -0.0961 e. The van der Waals surface area contributed by atoms with E-state index in [1.165, 1.54) is 16.7 Å². The van der Waals surface area contributed by atoms with E-state index in [2.05, 4.69) is 44.7 Å². The first-order valence-corrected chi connectivity index (χ1v) is 4.50. The van der Waals surface area contributed by atoms with Crippen molar-refractivity contribution in [2.24, 2.45) is 0 Å². The van der Waals surface area contributed by atoms with Crippen LogP contribution in [0.3, 0.4) is 0 Å². The summed E-state index contributed by atoms with van der Waals surface area (Å²) in [6, 6.07) is 6.46. The number of aryl methyl sites for hydroxylation is 2. The molecule has 0 unspecified atom stereocenters. The molecule has 0 aromatic heterocycles. The summed E-state index contributed by atoms with van der Waals surface area (Å²) in [5.74, 6) is 0. The van der Waals surface area contributed by atoms with E-state index < -0.39 is 0 Å². The van der Waals surface area contributed by atoms with Crippen molar-refractivity contribution in [3.63, 3.8) is 0 Å². The van der Waals surface area contributed by atoms with Gasteiger partial charge in [-0.1, -0.05) is 42.5 Å². The molecule has 0 radical (unpaired) electrons. The maximum Gasteiger partial charge on any atom is -0.0254 e. The van der Waals surface area contributed by atoms with Gasteiger partial charge >= 0.3 is 0 Å². The normalized spacial score (nSPS) is 10.7. The van der Waals surface area contributed by atoms with E-state index in [1.807, 2.05) is 13.0 Å². The summed E-state index contributed by atoms with van der Waals surface area (Å²) in [4.78, 5) is 0. The molecule has 68 valence electrons. The van der Waals surface area contributed by atoms with Crippen molar-refractivity contribution in [1.82, 2.24) is 0 Å². The van der Waals surface area contributed by atoms with Gasteiger partial charge in [0.1, 0.15) is 0 Å². The Bertz CT molecular complexity index is 343. The third-order valence-corrected chi connectivity index (χ3v) is 2.09. The SMILES string of the molecule is C=C(C)/C=C/c1ccc(C)c(C)c1. The van der Waals surface area contributed by atoms with E-state index >= 15 is 0 Å². The van der Waals surface area contributed by atoms with Crippen molar-refractivity contribution in [3.05, 3.63) is 53.1 Å². The van der Waals surface area contributed by atoms with Crippen LogP contribution in [0, 0.1) is 13.8 Å². The Hall–Kier alpha value is -1.30. The largest absolute Gasteiger partial charge is 0.0961 e. The van der Waals surface area contributed by atoms with E-state index in [-0.39, 0.29) is 0 Å². The van der Waals surface area contributed by atoms with Crippen molar-refractivity contribution >= 4 is 6.08 Å². The van der Waals surface area contributed by atoms with Crippen LogP contribution in [-0.4, -0.2) is 0 Å². The maximum absolute atomic E-state index is 3.82. The number of benzene rings is 1. The highest BCUT2D eigenvalue weighted by Gasteiger charge is 1.91. The molecule has 13 heavy (non-hydrogen) atoms. The van der Waals surface area contributed by atoms with Gasteiger partial charge in [-0.3, -0.25) is 0 Å². The molecule has 0 atom stereocenters. The molecule has 0 aliphatic heterocycles. The maximum atomic E-state index is 3.82. The molecular weight excluding hydrogens is 156 g/mol. The topological polar surface area (TPSA) is 0 Å². The molecule has 1 aromatic rings. The van der Waals surface area contributed by atoms with Crippen LogP contribution in [0.2, 0.25) is 0 Å². The molecule has 0 heteroatoms. The Morgan fingerprint density at radius 2 is 1.92 bits per heavy atom. The van der Waals surface area contributed by atoms with Gasteiger partial charge in [-0.25, -0.2) is 0 Å². The third-order valence-electron chi connectivity index (χ3n) is 2.09. The molecule has 0 nitrogen and oxygen atoms in total. The molecule has 0 saturated heterocycles. The summed E-state index contributed by atoms with van der Waals surface area (Å²) in [5, 5.41) is 0. The Labute approximate surface area is 80.6 Å². The van der Waals surface area contributed by atoms with Gasteiger partial charge in [0, 0.05) is 0 Å². The van der Waals surface area contributed by atoms with Crippen LogP contribution < -0.4 is 0 Å². The first-order chi connectivity index (χ1) is 6.09. The second kappa shape index (κ2) is 4.08. The lowest BCUT2D eigenvalue weighted by molar-refractivity contribution is 1.33. The fourth-order valence-electron chi connectivity index (χ4n) is 1.11. The van der Waals surface area contributed by atoms with Crippen LogP contribution in [0.1, 0.15) is 23.6 Å². The van der Waals surface area contributed by atoms with Gasteiger partial charge in [0.15, 0.2) is 0 Å². The summed E-state index contributed by atoms with van der Waals surface area (Å²) in [6.45, 7) is 10.1. The van der Waals surface area contributed by atoms with Crippen LogP contribution in [-0.2, 0) is 0 Å². The lowest BCUT2D eigenvalue weighted by atomic mass is 10.1. The molecule has 0 aliphatic rings.